The summed E-state index contributed by atoms with van der Waals surface area (Å²) in [5.41, 5.74) is 13.7. The number of carboxylic acid groups (broad SMARTS) is 1. The molecule has 0 radical (unpaired) electrons. The van der Waals surface area contributed by atoms with Crippen molar-refractivity contribution in [1.29, 1.82) is 0 Å². The molecule has 1 atom stereocenters. The van der Waals surface area contributed by atoms with Gasteiger partial charge in [-0.2, -0.15) is 0 Å². The number of fused-ring (bicyclic) bond motifs is 4. The van der Waals surface area contributed by atoms with Gasteiger partial charge in [0.15, 0.2) is 11.5 Å². The maximum absolute atomic E-state index is 13.3. The van der Waals surface area contributed by atoms with Gasteiger partial charge in [-0.15, -0.1) is 11.6 Å². The van der Waals surface area contributed by atoms with Gasteiger partial charge in [-0.3, -0.25) is 0 Å². The predicted octanol–water partition coefficient (Wildman–Crippen LogP) is 3.20. The van der Waals surface area contributed by atoms with E-state index in [4.69, 9.17) is 105 Å². The van der Waals surface area contributed by atoms with Crippen LogP contribution in [0, 0.1) is 13.8 Å². The molecule has 0 heterocycles. The van der Waals surface area contributed by atoms with Gasteiger partial charge in [-0.05, 0) is 133 Å². The van der Waals surface area contributed by atoms with E-state index in [0.29, 0.717) is 179 Å². The number of aliphatic hydroxyl groups is 3. The van der Waals surface area contributed by atoms with Crippen LogP contribution in [0.4, 0.5) is 0 Å². The van der Waals surface area contributed by atoms with Crippen LogP contribution in [0.5, 0.6) is 17.2 Å². The SMILES string of the molecule is COCCOCCOCCOc1ccc(-c2cc(Cc3ccc4c(c3)C(c3ccc(COCCOCCOCCO)c(COCCOCCOCCO)c3)(c3ccc(OCCOCCOCCOC)c(OCCOCCOCCOC)c3)c3cc(C)ccc3-4)cc3c(-c4ccc(COCCOCCOCCO)c(C(=O)[O-])c4)cc(C)cc23)cc1[C-]=O.[Cs+].[Cs+].[OH-]. The van der Waals surface area contributed by atoms with Crippen LogP contribution in [0.1, 0.15) is 77.1 Å². The third-order valence-corrected chi connectivity index (χ3v) is 19.7. The minimum absolute atomic E-state index is 0. The van der Waals surface area contributed by atoms with E-state index in [1.807, 2.05) is 25.1 Å². The van der Waals surface area contributed by atoms with Gasteiger partial charge in [0.2, 0.25) is 0 Å². The molecule has 8 aromatic rings. The molecule has 668 valence electrons. The average molecular weight is 1960 g/mol. The maximum atomic E-state index is 13.3. The Hall–Kier alpha value is -4.22. The zero-order valence-electron chi connectivity index (χ0n) is 73.1. The molecule has 0 spiro atoms. The van der Waals surface area contributed by atoms with Crippen LogP contribution in [0.3, 0.4) is 0 Å². The Morgan fingerprint density at radius 2 is 0.734 bits per heavy atom. The standard InChI is InChI=1S/C94H121O27.2Cs.H2O/c1-69-6-14-81-82-15-7-71(57-72-58-84(73-11-16-90(77(61-73)65-98)119-51-48-113-39-36-107-27-24-101-3)86-55-70(2)54-83(87(86)59-72)74-8-9-76(85(63-74)93(99)100)67-117-46-43-111-34-31-105-22-19-96)60-89(82)94(88(81)56-69,79-12-10-75(66-116-45-42-110-33-30-104-21-18-95)78(62-79)68-118-47-44-112-35-32-106-23-20-97)80-13-17-91(120-52-49-114-40-37-108-28-25-102-4)92(64-80)121-53-50-115-41-38-109-29-26-103-5;;;/h6-17,54-56,58-64,95-97H,18-53,57,66-68H2,1-5H3,(H,99,100);;;1H2/q-1;2*+1;/p-2. The zero-order chi connectivity index (χ0) is 85.3. The summed E-state index contributed by atoms with van der Waals surface area (Å²) in [5, 5.41) is 42.5. The van der Waals surface area contributed by atoms with Gasteiger partial charge in [0.05, 0.1) is 262 Å². The third-order valence-electron chi connectivity index (χ3n) is 19.7. The molecule has 0 bridgehead atoms. The molecule has 30 heteroatoms. The Bertz CT molecular complexity index is 4270. The van der Waals surface area contributed by atoms with E-state index in [0.717, 1.165) is 88.7 Å². The molecule has 0 fully saturated rings. The first-order valence-corrected chi connectivity index (χ1v) is 41.3. The van der Waals surface area contributed by atoms with Crippen molar-refractivity contribution in [1.82, 2.24) is 0 Å². The fourth-order valence-electron chi connectivity index (χ4n) is 14.0. The van der Waals surface area contributed by atoms with E-state index in [9.17, 15) is 24.9 Å². The van der Waals surface area contributed by atoms with E-state index in [1.54, 1.807) is 45.6 Å². The largest absolute Gasteiger partial charge is 1.00 e. The Labute approximate surface area is 846 Å². The smallest absolute Gasteiger partial charge is 0.870 e. The number of hydrogen-bond acceptors (Lipinski definition) is 28. The molecular formula is C94H121Cs2O28-. The molecule has 8 aromatic carbocycles. The summed E-state index contributed by atoms with van der Waals surface area (Å²) in [6.45, 7) is 14.7. The molecule has 28 nitrogen and oxygen atoms in total. The van der Waals surface area contributed by atoms with Crippen molar-refractivity contribution in [2.75, 3.05) is 259 Å². The Balaban J connectivity index is 0.00000792. The second-order valence-corrected chi connectivity index (χ2v) is 28.2. The first-order chi connectivity index (χ1) is 59.5. The number of rotatable bonds is 68. The summed E-state index contributed by atoms with van der Waals surface area (Å²) < 4.78 is 122. The second-order valence-electron chi connectivity index (χ2n) is 28.2. The van der Waals surface area contributed by atoms with E-state index in [-0.39, 0.29) is 273 Å². The number of aliphatic hydroxyl groups excluding tert-OH is 3. The van der Waals surface area contributed by atoms with E-state index in [2.05, 4.69) is 104 Å². The molecular weight excluding hydrogens is 1840 g/mol. The summed E-state index contributed by atoms with van der Waals surface area (Å²) in [6, 6.07) is 45.1. The zero-order valence-corrected chi connectivity index (χ0v) is 85.6. The molecule has 1 aliphatic rings. The molecule has 0 saturated carbocycles. The van der Waals surface area contributed by atoms with Crippen LogP contribution in [0.25, 0.3) is 44.2 Å². The number of benzene rings is 8. The molecule has 9 rings (SSSR count). The van der Waals surface area contributed by atoms with Crippen molar-refractivity contribution in [3.63, 3.8) is 0 Å². The Morgan fingerprint density at radius 1 is 0.339 bits per heavy atom. The van der Waals surface area contributed by atoms with Crippen LogP contribution >= 0.6 is 0 Å². The number of methoxy groups -OCH3 is 3. The summed E-state index contributed by atoms with van der Waals surface area (Å²) in [4.78, 5) is 26.4. The van der Waals surface area contributed by atoms with Crippen LogP contribution < -0.4 is 157 Å². The minimum Gasteiger partial charge on any atom is -0.870 e. The first-order valence-electron chi connectivity index (χ1n) is 41.3. The molecule has 124 heavy (non-hydrogen) atoms. The van der Waals surface area contributed by atoms with Crippen molar-refractivity contribution >= 4 is 23.0 Å². The van der Waals surface area contributed by atoms with Gasteiger partial charge in [0.25, 0.3) is 0 Å². The topological polar surface area (TPSA) is 342 Å². The maximum Gasteiger partial charge on any atom is 1.00 e. The van der Waals surface area contributed by atoms with Crippen LogP contribution in [0.2, 0.25) is 0 Å². The van der Waals surface area contributed by atoms with Crippen molar-refractivity contribution < 1.29 is 273 Å². The molecule has 0 saturated heterocycles. The van der Waals surface area contributed by atoms with Crippen LogP contribution in [0.15, 0.2) is 133 Å². The van der Waals surface area contributed by atoms with Gasteiger partial charge < -0.3 is 135 Å². The molecule has 1 unspecified atom stereocenters. The molecule has 0 aliphatic heterocycles. The fourth-order valence-corrected chi connectivity index (χ4v) is 14.0. The number of carbonyl (C=O) groups excluding carboxylic acids is 2. The number of aryl methyl sites for hydroxylation is 2. The van der Waals surface area contributed by atoms with Gasteiger partial charge in [-0.1, -0.05) is 120 Å². The second kappa shape index (κ2) is 63.7. The van der Waals surface area contributed by atoms with Crippen LogP contribution in [-0.2, 0) is 122 Å². The summed E-state index contributed by atoms with van der Waals surface area (Å²) in [7, 11) is 4.87. The molecule has 4 N–H and O–H groups in total. The third kappa shape index (κ3) is 35.1. The number of aromatic carboxylic acids is 1. The Kier molecular flexibility index (Phi) is 55.8. The van der Waals surface area contributed by atoms with E-state index < -0.39 is 11.4 Å². The van der Waals surface area contributed by atoms with E-state index in [1.165, 1.54) is 0 Å². The van der Waals surface area contributed by atoms with Gasteiger partial charge in [0, 0.05) is 32.6 Å². The average Bonchev–Trinajstić information content (AvgIpc) is 1.53. The Morgan fingerprint density at radius 3 is 1.24 bits per heavy atom. The number of hydrogen-bond donors (Lipinski definition) is 3. The van der Waals surface area contributed by atoms with E-state index >= 15 is 0 Å². The van der Waals surface area contributed by atoms with Gasteiger partial charge in [-0.25, -0.2) is 0 Å². The summed E-state index contributed by atoms with van der Waals surface area (Å²) in [5.74, 6) is -0.0712. The molecule has 0 amide bonds. The molecule has 0 aromatic heterocycles. The van der Waals surface area contributed by atoms with Crippen molar-refractivity contribution in [2.24, 2.45) is 0 Å². The van der Waals surface area contributed by atoms with Crippen LogP contribution in [-0.4, -0.2) is 292 Å². The van der Waals surface area contributed by atoms with Gasteiger partial charge in [0.1, 0.15) is 13.2 Å². The van der Waals surface area contributed by atoms with Crippen molar-refractivity contribution in [3.8, 4) is 50.6 Å². The number of ether oxygens (including phenoxy) is 21. The predicted molar refractivity (Wildman–Crippen MR) is 454 cm³/mol. The fraction of sp³-hybridized carbons (Fsp3) is 0.489. The van der Waals surface area contributed by atoms with Crippen molar-refractivity contribution in [3.05, 3.63) is 206 Å². The summed E-state index contributed by atoms with van der Waals surface area (Å²) >= 11 is 0. The number of carboxylic acids is 1. The quantitative estimate of drug-likeness (QED) is 0.0364. The summed E-state index contributed by atoms with van der Waals surface area (Å²) in [6.07, 6.45) is 2.53. The first kappa shape index (κ1) is 109. The normalized spacial score (nSPS) is 12.7. The molecule has 1 aliphatic carbocycles. The monoisotopic (exact) mass is 1960 g/mol. The van der Waals surface area contributed by atoms with Crippen molar-refractivity contribution in [2.45, 2.75) is 45.5 Å². The number of carbonyl (C=O) groups is 1. The minimum atomic E-state index is -1.37. The van der Waals surface area contributed by atoms with Gasteiger partial charge >= 0.3 is 138 Å².